The van der Waals surface area contributed by atoms with E-state index in [-0.39, 0.29) is 23.2 Å². The quantitative estimate of drug-likeness (QED) is 0.401. The Morgan fingerprint density at radius 2 is 1.69 bits per heavy atom. The van der Waals surface area contributed by atoms with Gasteiger partial charge in [0.2, 0.25) is 0 Å². The van der Waals surface area contributed by atoms with Crippen molar-refractivity contribution in [1.29, 1.82) is 0 Å². The van der Waals surface area contributed by atoms with Gasteiger partial charge in [0.1, 0.15) is 12.1 Å². The molecule has 0 fully saturated rings. The van der Waals surface area contributed by atoms with Crippen molar-refractivity contribution < 1.29 is 32.7 Å². The molecule has 10 heteroatoms. The average molecular weight is 594 g/mol. The molecular formula is C25H18F3IN2O4. The minimum absolute atomic E-state index is 0.0608. The number of anilines is 1. The van der Waals surface area contributed by atoms with E-state index >= 15 is 0 Å². The van der Waals surface area contributed by atoms with Crippen LogP contribution in [0.3, 0.4) is 0 Å². The van der Waals surface area contributed by atoms with Gasteiger partial charge >= 0.3 is 12.1 Å². The van der Waals surface area contributed by atoms with Crippen molar-refractivity contribution in [3.05, 3.63) is 98.6 Å². The predicted molar refractivity (Wildman–Crippen MR) is 130 cm³/mol. The minimum atomic E-state index is -4.59. The fraction of sp³-hybridized carbons (Fsp3) is 0.160. The molecule has 0 radical (unpaired) electrons. The fourth-order valence-electron chi connectivity index (χ4n) is 4.02. The van der Waals surface area contributed by atoms with Crippen molar-refractivity contribution in [3.63, 3.8) is 0 Å². The van der Waals surface area contributed by atoms with Crippen LogP contribution in [0.1, 0.15) is 33.1 Å². The molecule has 1 heterocycles. The second kappa shape index (κ2) is 9.68. The van der Waals surface area contributed by atoms with E-state index in [4.69, 9.17) is 0 Å². The zero-order valence-corrected chi connectivity index (χ0v) is 20.1. The second-order valence-corrected chi connectivity index (χ2v) is 9.20. The van der Waals surface area contributed by atoms with Crippen LogP contribution in [0.25, 0.3) is 0 Å². The van der Waals surface area contributed by atoms with E-state index < -0.39 is 41.6 Å². The number of carboxylic acids is 1. The molecule has 1 aliphatic rings. The maximum Gasteiger partial charge on any atom is 0.416 e. The molecule has 0 bridgehead atoms. The molecule has 2 N–H and O–H groups in total. The van der Waals surface area contributed by atoms with Crippen LogP contribution in [-0.2, 0) is 22.2 Å². The van der Waals surface area contributed by atoms with Gasteiger partial charge in [-0.1, -0.05) is 42.5 Å². The molecule has 0 saturated heterocycles. The van der Waals surface area contributed by atoms with Gasteiger partial charge in [0.05, 0.1) is 16.8 Å². The van der Waals surface area contributed by atoms with E-state index in [0.29, 0.717) is 9.13 Å². The summed E-state index contributed by atoms with van der Waals surface area (Å²) in [5.74, 6) is -2.79. The monoisotopic (exact) mass is 594 g/mol. The summed E-state index contributed by atoms with van der Waals surface area (Å²) in [6.45, 7) is 0. The molecule has 4 rings (SSSR count). The smallest absolute Gasteiger partial charge is 0.416 e. The van der Waals surface area contributed by atoms with E-state index in [1.54, 1.807) is 36.4 Å². The molecule has 0 saturated carbocycles. The van der Waals surface area contributed by atoms with E-state index in [1.165, 1.54) is 12.1 Å². The minimum Gasteiger partial charge on any atom is -0.480 e. The van der Waals surface area contributed by atoms with E-state index in [0.717, 1.165) is 29.2 Å². The summed E-state index contributed by atoms with van der Waals surface area (Å²) in [7, 11) is 0. The number of nitrogens with one attached hydrogen (secondary N) is 1. The SMILES string of the molecule is O=C(O)C(Cc1ccccc1)N1C(=O)c2cc(I)ccc2NC(=O)C1c1ccc(C(F)(F)F)cc1. The normalized spacial score (nSPS) is 16.8. The molecule has 3 aromatic carbocycles. The van der Waals surface area contributed by atoms with Crippen LogP contribution in [0, 0.1) is 3.57 Å². The van der Waals surface area contributed by atoms with Crippen molar-refractivity contribution >= 4 is 46.1 Å². The number of rotatable bonds is 5. The van der Waals surface area contributed by atoms with Gasteiger partial charge in [0.25, 0.3) is 11.8 Å². The highest BCUT2D eigenvalue weighted by molar-refractivity contribution is 14.1. The zero-order valence-electron chi connectivity index (χ0n) is 17.9. The number of carbonyl (C=O) groups is 3. The van der Waals surface area contributed by atoms with Crippen LogP contribution >= 0.6 is 22.6 Å². The lowest BCUT2D eigenvalue weighted by atomic mass is 9.97. The Kier molecular flexibility index (Phi) is 6.84. The lowest BCUT2D eigenvalue weighted by molar-refractivity contribution is -0.144. The highest BCUT2D eigenvalue weighted by Gasteiger charge is 2.43. The number of carboxylic acid groups (broad SMARTS) is 1. The first-order valence-corrected chi connectivity index (χ1v) is 11.5. The summed E-state index contributed by atoms with van der Waals surface area (Å²) in [6.07, 6.45) is -4.70. The second-order valence-electron chi connectivity index (χ2n) is 7.96. The van der Waals surface area contributed by atoms with Gasteiger partial charge in [0, 0.05) is 9.99 Å². The molecule has 3 aromatic rings. The highest BCUT2D eigenvalue weighted by Crippen LogP contribution is 2.36. The van der Waals surface area contributed by atoms with E-state index in [1.807, 2.05) is 22.6 Å². The Morgan fingerprint density at radius 3 is 2.29 bits per heavy atom. The van der Waals surface area contributed by atoms with E-state index in [2.05, 4.69) is 5.32 Å². The maximum atomic E-state index is 13.8. The molecule has 6 nitrogen and oxygen atoms in total. The summed E-state index contributed by atoms with van der Waals surface area (Å²) < 4.78 is 40.0. The number of aliphatic carboxylic acids is 1. The third kappa shape index (κ3) is 5.16. The average Bonchev–Trinajstić information content (AvgIpc) is 2.91. The third-order valence-corrected chi connectivity index (χ3v) is 6.35. The van der Waals surface area contributed by atoms with Crippen molar-refractivity contribution in [2.24, 2.45) is 0 Å². The van der Waals surface area contributed by atoms with Gasteiger partial charge in [-0.05, 0) is 64.0 Å². The van der Waals surface area contributed by atoms with E-state index in [9.17, 15) is 32.7 Å². The number of amides is 2. The molecule has 35 heavy (non-hydrogen) atoms. The molecule has 0 aliphatic carbocycles. The first-order valence-electron chi connectivity index (χ1n) is 10.4. The van der Waals surface area contributed by atoms with Gasteiger partial charge in [-0.15, -0.1) is 0 Å². The molecule has 1 aliphatic heterocycles. The molecule has 0 aromatic heterocycles. The van der Waals surface area contributed by atoms with Crippen LogP contribution in [0.4, 0.5) is 18.9 Å². The molecule has 2 atom stereocenters. The Hall–Kier alpha value is -3.41. The highest BCUT2D eigenvalue weighted by atomic mass is 127. The van der Waals surface area contributed by atoms with Crippen LogP contribution < -0.4 is 5.32 Å². The maximum absolute atomic E-state index is 13.8. The fourth-order valence-corrected chi connectivity index (χ4v) is 4.51. The van der Waals surface area contributed by atoms with Crippen LogP contribution in [-0.4, -0.2) is 33.8 Å². The number of benzene rings is 3. The summed E-state index contributed by atoms with van der Waals surface area (Å²) in [5, 5.41) is 12.8. The zero-order chi connectivity index (χ0) is 25.3. The number of carbonyl (C=O) groups excluding carboxylic acids is 2. The van der Waals surface area contributed by atoms with Gasteiger partial charge < -0.3 is 15.3 Å². The first kappa shape index (κ1) is 24.7. The number of alkyl halides is 3. The van der Waals surface area contributed by atoms with Gasteiger partial charge in [0.15, 0.2) is 0 Å². The number of hydrogen-bond acceptors (Lipinski definition) is 3. The predicted octanol–water partition coefficient (Wildman–Crippen LogP) is 5.14. The van der Waals surface area contributed by atoms with Crippen molar-refractivity contribution in [2.45, 2.75) is 24.7 Å². The van der Waals surface area contributed by atoms with Crippen LogP contribution in [0.5, 0.6) is 0 Å². The standard InChI is InChI=1S/C25H18F3IN2O4/c26-25(27,28)16-8-6-15(7-9-16)21-22(32)30-19-11-10-17(29)13-18(19)23(33)31(21)20(24(34)35)12-14-4-2-1-3-5-14/h1-11,13,20-21H,12H2,(H,30,32)(H,34,35). The Balaban J connectivity index is 1.87. The Morgan fingerprint density at radius 1 is 1.03 bits per heavy atom. The van der Waals surface area contributed by atoms with Crippen molar-refractivity contribution in [2.75, 3.05) is 5.32 Å². The molecule has 2 unspecified atom stereocenters. The molecule has 180 valence electrons. The number of nitrogens with zero attached hydrogens (tertiary/aromatic N) is 1. The lowest BCUT2D eigenvalue weighted by Crippen LogP contribution is -2.50. The Labute approximate surface area is 211 Å². The number of fused-ring (bicyclic) bond motifs is 1. The molecule has 0 spiro atoms. The van der Waals surface area contributed by atoms with Gasteiger partial charge in [-0.25, -0.2) is 4.79 Å². The van der Waals surface area contributed by atoms with Crippen LogP contribution in [0.2, 0.25) is 0 Å². The largest absolute Gasteiger partial charge is 0.480 e. The molecule has 2 amide bonds. The number of halogens is 4. The topological polar surface area (TPSA) is 86.7 Å². The Bertz CT molecular complexity index is 1280. The van der Waals surface area contributed by atoms with Gasteiger partial charge in [-0.2, -0.15) is 13.2 Å². The summed E-state index contributed by atoms with van der Waals surface area (Å²) in [5.41, 5.74) is 0.0461. The van der Waals surface area contributed by atoms with Gasteiger partial charge in [-0.3, -0.25) is 9.59 Å². The molecular weight excluding hydrogens is 576 g/mol. The number of hydrogen-bond donors (Lipinski definition) is 2. The summed E-state index contributed by atoms with van der Waals surface area (Å²) in [4.78, 5) is 40.5. The third-order valence-electron chi connectivity index (χ3n) is 5.68. The lowest BCUT2D eigenvalue weighted by Gasteiger charge is -2.34. The van der Waals surface area contributed by atoms with Crippen LogP contribution in [0.15, 0.2) is 72.8 Å². The van der Waals surface area contributed by atoms with Crippen molar-refractivity contribution in [3.8, 4) is 0 Å². The summed E-state index contributed by atoms with van der Waals surface area (Å²) in [6, 6.07) is 14.2. The first-order chi connectivity index (χ1) is 16.6. The summed E-state index contributed by atoms with van der Waals surface area (Å²) >= 11 is 1.99. The van der Waals surface area contributed by atoms with Crippen molar-refractivity contribution in [1.82, 2.24) is 4.90 Å².